The minimum absolute atomic E-state index is 0.0635. The Bertz CT molecular complexity index is 889. The molecular weight excluding hydrogens is 356 g/mol. The summed E-state index contributed by atoms with van der Waals surface area (Å²) in [5, 5.41) is 11.0. The number of aromatic amines is 1. The summed E-state index contributed by atoms with van der Waals surface area (Å²) >= 11 is 0. The van der Waals surface area contributed by atoms with E-state index in [-0.39, 0.29) is 17.9 Å². The first-order valence-corrected chi connectivity index (χ1v) is 9.66. The quantitative estimate of drug-likeness (QED) is 0.827. The van der Waals surface area contributed by atoms with Crippen LogP contribution in [0.3, 0.4) is 0 Å². The third kappa shape index (κ3) is 4.19. The van der Waals surface area contributed by atoms with Crippen LogP contribution in [0.5, 0.6) is 0 Å². The summed E-state index contributed by atoms with van der Waals surface area (Å²) in [5.41, 5.74) is 1.50. The Morgan fingerprint density at radius 3 is 2.54 bits per heavy atom. The Morgan fingerprint density at radius 1 is 1.18 bits per heavy atom. The number of ether oxygens (including phenoxy) is 1. The van der Waals surface area contributed by atoms with Crippen molar-refractivity contribution < 1.29 is 14.3 Å². The lowest BCUT2D eigenvalue weighted by atomic mass is 9.93. The molecule has 0 radical (unpaired) electrons. The van der Waals surface area contributed by atoms with Gasteiger partial charge in [-0.25, -0.2) is 0 Å². The van der Waals surface area contributed by atoms with Crippen LogP contribution in [0.4, 0.5) is 5.69 Å². The Balaban J connectivity index is 1.92. The Morgan fingerprint density at radius 2 is 1.89 bits per heavy atom. The monoisotopic (exact) mass is 386 g/mol. The number of aromatic nitrogens is 2. The predicted octanol–water partition coefficient (Wildman–Crippen LogP) is 3.49. The van der Waals surface area contributed by atoms with E-state index >= 15 is 0 Å². The summed E-state index contributed by atoms with van der Waals surface area (Å²) in [7, 11) is 0. The highest BCUT2D eigenvalue weighted by Gasteiger charge is 2.33. The second-order valence-electron chi connectivity index (χ2n) is 9.46. The first-order valence-electron chi connectivity index (χ1n) is 9.66. The second kappa shape index (κ2) is 7.20. The zero-order valence-corrected chi connectivity index (χ0v) is 17.5. The molecule has 0 saturated carbocycles. The van der Waals surface area contributed by atoms with E-state index in [4.69, 9.17) is 4.74 Å². The second-order valence-corrected chi connectivity index (χ2v) is 9.46. The molecule has 1 aliphatic heterocycles. The van der Waals surface area contributed by atoms with Crippen molar-refractivity contribution >= 4 is 28.4 Å². The van der Waals surface area contributed by atoms with Crippen molar-refractivity contribution in [1.82, 2.24) is 15.1 Å². The van der Waals surface area contributed by atoms with Crippen molar-refractivity contribution in [2.45, 2.75) is 47.6 Å². The molecule has 3 rings (SSSR count). The van der Waals surface area contributed by atoms with Crippen molar-refractivity contribution in [3.8, 4) is 0 Å². The minimum Gasteiger partial charge on any atom is -0.370 e. The fraction of sp³-hybridized carbons (Fsp3) is 0.571. The summed E-state index contributed by atoms with van der Waals surface area (Å²) in [6.45, 7) is 12.9. The fourth-order valence-corrected chi connectivity index (χ4v) is 3.23. The molecule has 1 aromatic heterocycles. The van der Waals surface area contributed by atoms with Crippen molar-refractivity contribution in [3.63, 3.8) is 0 Å². The van der Waals surface area contributed by atoms with Gasteiger partial charge in [0.05, 0.1) is 24.9 Å². The van der Waals surface area contributed by atoms with E-state index in [0.717, 1.165) is 16.5 Å². The van der Waals surface area contributed by atoms with Crippen LogP contribution in [-0.2, 0) is 14.3 Å². The van der Waals surface area contributed by atoms with Gasteiger partial charge in [-0.15, -0.1) is 0 Å². The third-order valence-electron chi connectivity index (χ3n) is 4.87. The van der Waals surface area contributed by atoms with Crippen molar-refractivity contribution in [3.05, 3.63) is 23.9 Å². The summed E-state index contributed by atoms with van der Waals surface area (Å²) < 4.78 is 6.01. The molecule has 152 valence electrons. The van der Waals surface area contributed by atoms with E-state index in [2.05, 4.69) is 15.5 Å². The molecule has 7 nitrogen and oxygen atoms in total. The van der Waals surface area contributed by atoms with Crippen LogP contribution in [0, 0.1) is 10.8 Å². The molecule has 2 N–H and O–H groups in total. The van der Waals surface area contributed by atoms with Gasteiger partial charge in [-0.05, 0) is 17.7 Å². The smallest absolute Gasteiger partial charge is 0.229 e. The number of hydrogen-bond acceptors (Lipinski definition) is 4. The summed E-state index contributed by atoms with van der Waals surface area (Å²) in [6.07, 6.45) is 1.49. The lowest BCUT2D eigenvalue weighted by Crippen LogP contribution is -2.46. The zero-order chi connectivity index (χ0) is 20.7. The zero-order valence-electron chi connectivity index (χ0n) is 17.5. The summed E-state index contributed by atoms with van der Waals surface area (Å²) in [5.74, 6) is 0.0489. The van der Waals surface area contributed by atoms with Crippen LogP contribution in [0.1, 0.15) is 53.2 Å². The molecule has 1 aromatic carbocycles. The van der Waals surface area contributed by atoms with Crippen molar-refractivity contribution in [1.29, 1.82) is 0 Å². The Labute approximate surface area is 165 Å². The topological polar surface area (TPSA) is 87.3 Å². The van der Waals surface area contributed by atoms with Gasteiger partial charge in [0.2, 0.25) is 11.8 Å². The van der Waals surface area contributed by atoms with E-state index in [0.29, 0.717) is 25.4 Å². The van der Waals surface area contributed by atoms with Crippen LogP contribution in [0.15, 0.2) is 18.3 Å². The van der Waals surface area contributed by atoms with Crippen LogP contribution >= 0.6 is 0 Å². The molecule has 1 saturated heterocycles. The largest absolute Gasteiger partial charge is 0.370 e. The highest BCUT2D eigenvalue weighted by molar-refractivity contribution is 5.97. The number of nitrogens with zero attached hydrogens (tertiary/aromatic N) is 2. The number of H-pyrrole nitrogens is 1. The number of nitrogens with one attached hydrogen (secondary N) is 2. The fourth-order valence-electron chi connectivity index (χ4n) is 3.23. The molecule has 2 amide bonds. The van der Waals surface area contributed by atoms with E-state index in [1.54, 1.807) is 6.20 Å². The number of carbonyl (C=O) groups is 2. The normalized spacial score (nSPS) is 18.4. The van der Waals surface area contributed by atoms with Gasteiger partial charge >= 0.3 is 0 Å². The predicted molar refractivity (Wildman–Crippen MR) is 109 cm³/mol. The molecule has 0 aliphatic carbocycles. The van der Waals surface area contributed by atoms with Gasteiger partial charge in [0.25, 0.3) is 0 Å². The number of rotatable bonds is 2. The van der Waals surface area contributed by atoms with Gasteiger partial charge < -0.3 is 15.0 Å². The highest BCUT2D eigenvalue weighted by Crippen LogP contribution is 2.33. The first kappa shape index (κ1) is 20.3. The number of carbonyl (C=O) groups excluding carboxylic acids is 2. The van der Waals surface area contributed by atoms with Gasteiger partial charge in [-0.2, -0.15) is 5.10 Å². The molecule has 0 bridgehead atoms. The first-order chi connectivity index (χ1) is 13.0. The van der Waals surface area contributed by atoms with Crippen LogP contribution in [-0.4, -0.2) is 46.6 Å². The van der Waals surface area contributed by atoms with Gasteiger partial charge in [0.15, 0.2) is 0 Å². The number of hydrogen-bond donors (Lipinski definition) is 2. The maximum Gasteiger partial charge on any atom is 0.229 e. The standard InChI is InChI=1S/C21H30N4O3/c1-20(2,3)18(26)23-13-9-14(15-11-22-24-16(15)10-13)17-12-25(7-8-28-17)19(27)21(4,5)6/h9-11,17H,7-8,12H2,1-6H3,(H,22,24)(H,23,26). The minimum atomic E-state index is -0.500. The third-order valence-corrected chi connectivity index (χ3v) is 4.87. The van der Waals surface area contributed by atoms with E-state index in [1.807, 2.05) is 58.6 Å². The Hall–Kier alpha value is -2.41. The summed E-state index contributed by atoms with van der Waals surface area (Å²) in [4.78, 5) is 27.0. The number of anilines is 1. The average Bonchev–Trinajstić information content (AvgIpc) is 3.07. The van der Waals surface area contributed by atoms with Crippen molar-refractivity contribution in [2.24, 2.45) is 10.8 Å². The number of morpholine rings is 1. The number of amides is 2. The lowest BCUT2D eigenvalue weighted by molar-refractivity contribution is -0.147. The maximum absolute atomic E-state index is 12.7. The molecule has 1 fully saturated rings. The van der Waals surface area contributed by atoms with Crippen molar-refractivity contribution in [2.75, 3.05) is 25.0 Å². The molecule has 0 spiro atoms. The van der Waals surface area contributed by atoms with Gasteiger partial charge in [-0.3, -0.25) is 14.7 Å². The molecule has 2 heterocycles. The van der Waals surface area contributed by atoms with Gasteiger partial charge in [0.1, 0.15) is 6.10 Å². The highest BCUT2D eigenvalue weighted by atomic mass is 16.5. The summed E-state index contributed by atoms with van der Waals surface area (Å²) in [6, 6.07) is 3.80. The van der Waals surface area contributed by atoms with E-state index < -0.39 is 10.8 Å². The van der Waals surface area contributed by atoms with Crippen LogP contribution < -0.4 is 5.32 Å². The average molecular weight is 386 g/mol. The van der Waals surface area contributed by atoms with Gasteiger partial charge in [-0.1, -0.05) is 41.5 Å². The maximum atomic E-state index is 12.7. The molecule has 1 unspecified atom stereocenters. The number of fused-ring (bicyclic) bond motifs is 1. The van der Waals surface area contributed by atoms with Gasteiger partial charge in [0, 0.05) is 28.4 Å². The van der Waals surface area contributed by atoms with E-state index in [1.165, 1.54) is 0 Å². The lowest BCUT2D eigenvalue weighted by Gasteiger charge is -2.37. The molecule has 2 aromatic rings. The van der Waals surface area contributed by atoms with E-state index in [9.17, 15) is 9.59 Å². The molecule has 28 heavy (non-hydrogen) atoms. The number of benzene rings is 1. The van der Waals surface area contributed by atoms with Crippen LogP contribution in [0.2, 0.25) is 0 Å². The molecule has 1 atom stereocenters. The Kier molecular flexibility index (Phi) is 5.23. The molecule has 7 heteroatoms. The SMILES string of the molecule is CC(C)(C)C(=O)Nc1cc(C2CN(C(=O)C(C)(C)C)CCO2)c2cn[nH]c2c1. The molecule has 1 aliphatic rings. The molecular formula is C21H30N4O3. The van der Waals surface area contributed by atoms with Crippen LogP contribution in [0.25, 0.3) is 10.9 Å².